The number of anilines is 1. The van der Waals surface area contributed by atoms with Crippen LogP contribution in [0.5, 0.6) is 5.75 Å². The van der Waals surface area contributed by atoms with Crippen LogP contribution in [0.1, 0.15) is 24.2 Å². The molecule has 0 saturated carbocycles. The summed E-state index contributed by atoms with van der Waals surface area (Å²) in [7, 11) is 1.51. The second-order valence-corrected chi connectivity index (χ2v) is 4.85. The van der Waals surface area contributed by atoms with Crippen molar-refractivity contribution in [3.63, 3.8) is 0 Å². The zero-order valence-electron chi connectivity index (χ0n) is 11.8. The molecule has 0 aliphatic rings. The van der Waals surface area contributed by atoms with Crippen molar-refractivity contribution < 1.29 is 19.4 Å². The highest BCUT2D eigenvalue weighted by Crippen LogP contribution is 2.19. The van der Waals surface area contributed by atoms with Crippen molar-refractivity contribution in [1.29, 1.82) is 0 Å². The van der Waals surface area contributed by atoms with Crippen LogP contribution in [-0.4, -0.2) is 30.6 Å². The number of benzene rings is 1. The standard InChI is InChI=1S/C14H20N2O4/c1-8(2)11(14(18)19)7-16-13(17)10-5-4-9(20-3)6-12(10)15/h4-6,8,11H,7,15H2,1-3H3,(H,16,17)(H,18,19). The van der Waals surface area contributed by atoms with Gasteiger partial charge in [0.25, 0.3) is 5.91 Å². The Hall–Kier alpha value is -2.24. The highest BCUT2D eigenvalue weighted by atomic mass is 16.5. The van der Waals surface area contributed by atoms with Crippen molar-refractivity contribution >= 4 is 17.6 Å². The van der Waals surface area contributed by atoms with E-state index in [1.165, 1.54) is 7.11 Å². The fraction of sp³-hybridized carbons (Fsp3) is 0.429. The van der Waals surface area contributed by atoms with Crippen LogP contribution >= 0.6 is 0 Å². The van der Waals surface area contributed by atoms with Gasteiger partial charge in [0.2, 0.25) is 0 Å². The Morgan fingerprint density at radius 2 is 2.05 bits per heavy atom. The molecular formula is C14H20N2O4. The zero-order chi connectivity index (χ0) is 15.3. The molecular weight excluding hydrogens is 260 g/mol. The van der Waals surface area contributed by atoms with Gasteiger partial charge in [0.05, 0.1) is 18.6 Å². The molecule has 0 radical (unpaired) electrons. The number of aliphatic carboxylic acids is 1. The summed E-state index contributed by atoms with van der Waals surface area (Å²) in [4.78, 5) is 23.0. The van der Waals surface area contributed by atoms with E-state index in [0.29, 0.717) is 17.0 Å². The Bertz CT molecular complexity index is 500. The van der Waals surface area contributed by atoms with Crippen molar-refractivity contribution in [3.8, 4) is 5.75 Å². The van der Waals surface area contributed by atoms with E-state index in [0.717, 1.165) is 0 Å². The van der Waals surface area contributed by atoms with Crippen LogP contribution < -0.4 is 15.8 Å². The molecule has 0 saturated heterocycles. The van der Waals surface area contributed by atoms with E-state index in [-0.39, 0.29) is 12.5 Å². The second-order valence-electron chi connectivity index (χ2n) is 4.85. The highest BCUT2D eigenvalue weighted by molar-refractivity contribution is 5.99. The van der Waals surface area contributed by atoms with Gasteiger partial charge >= 0.3 is 5.97 Å². The predicted molar refractivity (Wildman–Crippen MR) is 75.7 cm³/mol. The molecule has 6 nitrogen and oxygen atoms in total. The molecule has 0 fully saturated rings. The van der Waals surface area contributed by atoms with Gasteiger partial charge in [-0.1, -0.05) is 13.8 Å². The summed E-state index contributed by atoms with van der Waals surface area (Å²) in [6.07, 6.45) is 0. The van der Waals surface area contributed by atoms with E-state index in [2.05, 4.69) is 5.32 Å². The van der Waals surface area contributed by atoms with Crippen LogP contribution in [0.4, 0.5) is 5.69 Å². The molecule has 110 valence electrons. The smallest absolute Gasteiger partial charge is 0.308 e. The topological polar surface area (TPSA) is 102 Å². The normalized spacial score (nSPS) is 12.0. The Balaban J connectivity index is 2.74. The van der Waals surface area contributed by atoms with Crippen molar-refractivity contribution in [3.05, 3.63) is 23.8 Å². The maximum atomic E-state index is 12.0. The van der Waals surface area contributed by atoms with Gasteiger partial charge in [-0.25, -0.2) is 0 Å². The van der Waals surface area contributed by atoms with Gasteiger partial charge in [0.15, 0.2) is 0 Å². The number of hydrogen-bond acceptors (Lipinski definition) is 4. The van der Waals surface area contributed by atoms with Gasteiger partial charge in [-0.05, 0) is 18.1 Å². The number of nitrogens with one attached hydrogen (secondary N) is 1. The van der Waals surface area contributed by atoms with E-state index < -0.39 is 17.8 Å². The molecule has 0 aliphatic heterocycles. The third-order valence-electron chi connectivity index (χ3n) is 3.11. The summed E-state index contributed by atoms with van der Waals surface area (Å²) in [6, 6.07) is 4.73. The average Bonchev–Trinajstić information content (AvgIpc) is 2.37. The van der Waals surface area contributed by atoms with Gasteiger partial charge in [-0.15, -0.1) is 0 Å². The highest BCUT2D eigenvalue weighted by Gasteiger charge is 2.22. The summed E-state index contributed by atoms with van der Waals surface area (Å²) in [5, 5.41) is 11.7. The van der Waals surface area contributed by atoms with E-state index in [4.69, 9.17) is 15.6 Å². The van der Waals surface area contributed by atoms with Gasteiger partial charge in [0, 0.05) is 18.3 Å². The predicted octanol–water partition coefficient (Wildman–Crippen LogP) is 1.36. The number of ether oxygens (including phenoxy) is 1. The van der Waals surface area contributed by atoms with Crippen LogP contribution in [0.3, 0.4) is 0 Å². The molecule has 1 aromatic rings. The van der Waals surface area contributed by atoms with Crippen LogP contribution in [0.25, 0.3) is 0 Å². The first kappa shape index (κ1) is 15.8. The molecule has 6 heteroatoms. The first-order chi connectivity index (χ1) is 9.36. The molecule has 1 amide bonds. The quantitative estimate of drug-likeness (QED) is 0.683. The summed E-state index contributed by atoms with van der Waals surface area (Å²) >= 11 is 0. The number of methoxy groups -OCH3 is 1. The number of carboxylic acids is 1. The largest absolute Gasteiger partial charge is 0.497 e. The molecule has 0 bridgehead atoms. The Labute approximate surface area is 117 Å². The van der Waals surface area contributed by atoms with E-state index >= 15 is 0 Å². The maximum absolute atomic E-state index is 12.0. The number of rotatable bonds is 6. The monoisotopic (exact) mass is 280 g/mol. The van der Waals surface area contributed by atoms with Gasteiger partial charge in [-0.3, -0.25) is 9.59 Å². The summed E-state index contributed by atoms with van der Waals surface area (Å²) in [5.41, 5.74) is 6.36. The van der Waals surface area contributed by atoms with Crippen LogP contribution in [0.15, 0.2) is 18.2 Å². The van der Waals surface area contributed by atoms with Gasteiger partial charge in [-0.2, -0.15) is 0 Å². The van der Waals surface area contributed by atoms with E-state index in [1.807, 2.05) is 0 Å². The minimum Gasteiger partial charge on any atom is -0.497 e. The van der Waals surface area contributed by atoms with Crippen LogP contribution in [-0.2, 0) is 4.79 Å². The maximum Gasteiger partial charge on any atom is 0.308 e. The second kappa shape index (κ2) is 6.79. The lowest BCUT2D eigenvalue weighted by Crippen LogP contribution is -2.35. The van der Waals surface area contributed by atoms with Crippen LogP contribution in [0, 0.1) is 11.8 Å². The first-order valence-corrected chi connectivity index (χ1v) is 6.31. The number of nitrogens with two attached hydrogens (primary N) is 1. The molecule has 0 aromatic heterocycles. The lowest BCUT2D eigenvalue weighted by Gasteiger charge is -2.17. The van der Waals surface area contributed by atoms with Gasteiger partial charge < -0.3 is 20.9 Å². The number of carboxylic acid groups (broad SMARTS) is 1. The van der Waals surface area contributed by atoms with Crippen molar-refractivity contribution in [2.75, 3.05) is 19.4 Å². The summed E-state index contributed by atoms with van der Waals surface area (Å²) < 4.78 is 5.00. The number of hydrogen-bond donors (Lipinski definition) is 3. The van der Waals surface area contributed by atoms with E-state index in [1.54, 1.807) is 32.0 Å². The van der Waals surface area contributed by atoms with Crippen molar-refractivity contribution in [2.45, 2.75) is 13.8 Å². The number of amides is 1. The van der Waals surface area contributed by atoms with Crippen LogP contribution in [0.2, 0.25) is 0 Å². The van der Waals surface area contributed by atoms with E-state index in [9.17, 15) is 9.59 Å². The SMILES string of the molecule is COc1ccc(C(=O)NCC(C(=O)O)C(C)C)c(N)c1. The molecule has 0 spiro atoms. The lowest BCUT2D eigenvalue weighted by molar-refractivity contribution is -0.142. The fourth-order valence-electron chi connectivity index (χ4n) is 1.78. The molecule has 1 rings (SSSR count). The third-order valence-corrected chi connectivity index (χ3v) is 3.11. The molecule has 20 heavy (non-hydrogen) atoms. The fourth-order valence-corrected chi connectivity index (χ4v) is 1.78. The molecule has 1 atom stereocenters. The Kier molecular flexibility index (Phi) is 5.37. The van der Waals surface area contributed by atoms with Crippen molar-refractivity contribution in [1.82, 2.24) is 5.32 Å². The minimum atomic E-state index is -0.928. The average molecular weight is 280 g/mol. The number of nitrogen functional groups attached to an aromatic ring is 1. The third kappa shape index (κ3) is 3.88. The lowest BCUT2D eigenvalue weighted by atomic mass is 9.96. The first-order valence-electron chi connectivity index (χ1n) is 6.31. The zero-order valence-corrected chi connectivity index (χ0v) is 11.8. The van der Waals surface area contributed by atoms with Crippen molar-refractivity contribution in [2.24, 2.45) is 11.8 Å². The summed E-state index contributed by atoms with van der Waals surface area (Å²) in [5.74, 6) is -1.45. The number of carbonyl (C=O) groups excluding carboxylic acids is 1. The molecule has 4 N–H and O–H groups in total. The Morgan fingerprint density at radius 3 is 2.50 bits per heavy atom. The Morgan fingerprint density at radius 1 is 1.40 bits per heavy atom. The number of carbonyl (C=O) groups is 2. The molecule has 1 aromatic carbocycles. The molecule has 0 aliphatic carbocycles. The molecule has 1 unspecified atom stereocenters. The van der Waals surface area contributed by atoms with Gasteiger partial charge in [0.1, 0.15) is 5.75 Å². The summed E-state index contributed by atoms with van der Waals surface area (Å²) in [6.45, 7) is 3.66. The minimum absolute atomic E-state index is 0.0668. The molecule has 0 heterocycles.